The van der Waals surface area contributed by atoms with Gasteiger partial charge in [-0.25, -0.2) is 0 Å². The number of carbonyl (C=O) groups excluding carboxylic acids is 2. The summed E-state index contributed by atoms with van der Waals surface area (Å²) in [5.41, 5.74) is 2.29. The van der Waals surface area contributed by atoms with Crippen molar-refractivity contribution in [1.82, 2.24) is 5.32 Å². The summed E-state index contributed by atoms with van der Waals surface area (Å²) in [6.07, 6.45) is 3.01. The molecule has 1 aromatic heterocycles. The quantitative estimate of drug-likeness (QED) is 0.877. The molecule has 0 aliphatic heterocycles. The summed E-state index contributed by atoms with van der Waals surface area (Å²) in [6, 6.07) is 9.13. The van der Waals surface area contributed by atoms with Crippen molar-refractivity contribution in [2.75, 3.05) is 11.9 Å². The molecule has 0 fully saturated rings. The molecule has 0 aliphatic carbocycles. The van der Waals surface area contributed by atoms with Crippen molar-refractivity contribution < 1.29 is 14.0 Å². The molecule has 0 aliphatic rings. The molecule has 0 saturated carbocycles. The Morgan fingerprint density at radius 2 is 2.10 bits per heavy atom. The number of hydrogen-bond acceptors (Lipinski definition) is 3. The minimum Gasteiger partial charge on any atom is -0.472 e. The number of nitrogens with one attached hydrogen (secondary N) is 2. The number of furan rings is 1. The second-order valence-corrected chi connectivity index (χ2v) is 4.44. The third-order valence-electron chi connectivity index (χ3n) is 2.72. The molecular formula is C15H16N2O3. The number of amides is 2. The van der Waals surface area contributed by atoms with E-state index >= 15 is 0 Å². The molecule has 2 rings (SSSR count). The van der Waals surface area contributed by atoms with Crippen molar-refractivity contribution >= 4 is 17.5 Å². The Labute approximate surface area is 117 Å². The Morgan fingerprint density at radius 1 is 1.25 bits per heavy atom. The van der Waals surface area contributed by atoms with Crippen LogP contribution in [-0.2, 0) is 4.79 Å². The van der Waals surface area contributed by atoms with Gasteiger partial charge in [0.15, 0.2) is 0 Å². The van der Waals surface area contributed by atoms with E-state index in [0.29, 0.717) is 5.56 Å². The average Bonchev–Trinajstić information content (AvgIpc) is 2.92. The van der Waals surface area contributed by atoms with Crippen molar-refractivity contribution in [2.45, 2.75) is 13.3 Å². The van der Waals surface area contributed by atoms with Gasteiger partial charge in [0, 0.05) is 18.7 Å². The topological polar surface area (TPSA) is 71.3 Å². The first kappa shape index (κ1) is 13.9. The van der Waals surface area contributed by atoms with Gasteiger partial charge in [-0.2, -0.15) is 0 Å². The van der Waals surface area contributed by atoms with Gasteiger partial charge in [0.2, 0.25) is 5.91 Å². The Morgan fingerprint density at radius 3 is 2.80 bits per heavy atom. The van der Waals surface area contributed by atoms with Crippen LogP contribution in [0.15, 0.2) is 47.3 Å². The van der Waals surface area contributed by atoms with E-state index < -0.39 is 0 Å². The minimum atomic E-state index is -0.248. The fraction of sp³-hybridized carbons (Fsp3) is 0.200. The summed E-state index contributed by atoms with van der Waals surface area (Å²) in [4.78, 5) is 23.3. The Kier molecular flexibility index (Phi) is 4.55. The van der Waals surface area contributed by atoms with Crippen LogP contribution in [0.25, 0.3) is 0 Å². The monoisotopic (exact) mass is 272 g/mol. The number of rotatable bonds is 5. The maximum absolute atomic E-state index is 11.7. The molecule has 5 heteroatoms. The van der Waals surface area contributed by atoms with Crippen molar-refractivity contribution in [2.24, 2.45) is 0 Å². The van der Waals surface area contributed by atoms with Crippen LogP contribution in [-0.4, -0.2) is 18.4 Å². The Balaban J connectivity index is 1.74. The van der Waals surface area contributed by atoms with E-state index in [2.05, 4.69) is 10.6 Å². The number of benzene rings is 1. The van der Waals surface area contributed by atoms with Crippen molar-refractivity contribution in [3.8, 4) is 0 Å². The van der Waals surface area contributed by atoms with Gasteiger partial charge in [0.25, 0.3) is 5.91 Å². The van der Waals surface area contributed by atoms with Crippen LogP contribution in [0.2, 0.25) is 0 Å². The molecule has 2 aromatic rings. The van der Waals surface area contributed by atoms with Gasteiger partial charge < -0.3 is 15.1 Å². The zero-order valence-electron chi connectivity index (χ0n) is 11.2. The van der Waals surface area contributed by atoms with E-state index in [-0.39, 0.29) is 24.8 Å². The van der Waals surface area contributed by atoms with E-state index in [0.717, 1.165) is 11.3 Å². The van der Waals surface area contributed by atoms with Gasteiger partial charge in [-0.05, 0) is 30.7 Å². The van der Waals surface area contributed by atoms with Crippen LogP contribution in [0.3, 0.4) is 0 Å². The lowest BCUT2D eigenvalue weighted by molar-refractivity contribution is -0.116. The van der Waals surface area contributed by atoms with Crippen LogP contribution >= 0.6 is 0 Å². The molecule has 2 amide bonds. The van der Waals surface area contributed by atoms with Crippen LogP contribution in [0.5, 0.6) is 0 Å². The van der Waals surface area contributed by atoms with E-state index in [1.165, 1.54) is 12.5 Å². The number of anilines is 1. The zero-order valence-corrected chi connectivity index (χ0v) is 11.2. The fourth-order valence-electron chi connectivity index (χ4n) is 1.73. The molecule has 104 valence electrons. The van der Waals surface area contributed by atoms with Crippen molar-refractivity contribution in [3.63, 3.8) is 0 Å². The molecule has 0 unspecified atom stereocenters. The number of carbonyl (C=O) groups is 2. The largest absolute Gasteiger partial charge is 0.472 e. The van der Waals surface area contributed by atoms with E-state index in [4.69, 9.17) is 4.42 Å². The normalized spacial score (nSPS) is 10.1. The fourth-order valence-corrected chi connectivity index (χ4v) is 1.73. The smallest absolute Gasteiger partial charge is 0.254 e. The Bertz CT molecular complexity index is 591. The highest BCUT2D eigenvalue weighted by Gasteiger charge is 2.07. The summed E-state index contributed by atoms with van der Waals surface area (Å²) in [6.45, 7) is 2.24. The molecular weight excluding hydrogens is 256 g/mol. The Hall–Kier alpha value is -2.56. The van der Waals surface area contributed by atoms with Gasteiger partial charge in [0.05, 0.1) is 11.8 Å². The highest BCUT2D eigenvalue weighted by Crippen LogP contribution is 2.09. The second-order valence-electron chi connectivity index (χ2n) is 4.44. The summed E-state index contributed by atoms with van der Waals surface area (Å²) >= 11 is 0. The van der Waals surface area contributed by atoms with Crippen molar-refractivity contribution in [3.05, 3.63) is 54.0 Å². The highest BCUT2D eigenvalue weighted by atomic mass is 16.3. The molecule has 0 radical (unpaired) electrons. The van der Waals surface area contributed by atoms with Gasteiger partial charge in [0.1, 0.15) is 6.26 Å². The van der Waals surface area contributed by atoms with Crippen LogP contribution in [0, 0.1) is 6.92 Å². The molecule has 0 saturated heterocycles. The average molecular weight is 272 g/mol. The van der Waals surface area contributed by atoms with E-state index in [1.54, 1.807) is 6.07 Å². The van der Waals surface area contributed by atoms with Crippen LogP contribution in [0.4, 0.5) is 5.69 Å². The third-order valence-corrected chi connectivity index (χ3v) is 2.72. The summed E-state index contributed by atoms with van der Waals surface area (Å²) in [7, 11) is 0. The lowest BCUT2D eigenvalue weighted by atomic mass is 10.2. The molecule has 2 N–H and O–H groups in total. The minimum absolute atomic E-state index is 0.136. The van der Waals surface area contributed by atoms with Gasteiger partial charge >= 0.3 is 0 Å². The summed E-state index contributed by atoms with van der Waals surface area (Å²) in [5, 5.41) is 5.44. The van der Waals surface area contributed by atoms with E-state index in [1.807, 2.05) is 31.2 Å². The zero-order chi connectivity index (χ0) is 14.4. The molecule has 1 aromatic carbocycles. The molecule has 0 spiro atoms. The third kappa shape index (κ3) is 3.98. The second kappa shape index (κ2) is 6.56. The SMILES string of the molecule is Cc1cccc(NC(=O)CCNC(=O)c2ccoc2)c1. The molecule has 1 heterocycles. The maximum atomic E-state index is 11.7. The first-order chi connectivity index (χ1) is 9.65. The summed E-state index contributed by atoms with van der Waals surface area (Å²) in [5.74, 6) is -0.384. The lowest BCUT2D eigenvalue weighted by Crippen LogP contribution is -2.27. The number of aryl methyl sites for hydroxylation is 1. The highest BCUT2D eigenvalue weighted by molar-refractivity contribution is 5.95. The molecule has 0 atom stereocenters. The van der Waals surface area contributed by atoms with Gasteiger partial charge in [-0.15, -0.1) is 0 Å². The maximum Gasteiger partial charge on any atom is 0.254 e. The van der Waals surface area contributed by atoms with E-state index in [9.17, 15) is 9.59 Å². The molecule has 5 nitrogen and oxygen atoms in total. The predicted octanol–water partition coefficient (Wildman–Crippen LogP) is 2.35. The first-order valence-electron chi connectivity index (χ1n) is 6.32. The van der Waals surface area contributed by atoms with Crippen molar-refractivity contribution in [1.29, 1.82) is 0 Å². The molecule has 20 heavy (non-hydrogen) atoms. The van der Waals surface area contributed by atoms with Crippen LogP contribution in [0.1, 0.15) is 22.3 Å². The molecule has 0 bridgehead atoms. The van der Waals surface area contributed by atoms with Crippen LogP contribution < -0.4 is 10.6 Å². The first-order valence-corrected chi connectivity index (χ1v) is 6.32. The van der Waals surface area contributed by atoms with Gasteiger partial charge in [-0.3, -0.25) is 9.59 Å². The number of hydrogen-bond donors (Lipinski definition) is 2. The van der Waals surface area contributed by atoms with Gasteiger partial charge in [-0.1, -0.05) is 12.1 Å². The lowest BCUT2D eigenvalue weighted by Gasteiger charge is -2.06. The standard InChI is InChI=1S/C15H16N2O3/c1-11-3-2-4-13(9-11)17-14(18)5-7-16-15(19)12-6-8-20-10-12/h2-4,6,8-10H,5,7H2,1H3,(H,16,19)(H,17,18). The summed E-state index contributed by atoms with van der Waals surface area (Å²) < 4.78 is 4.81. The predicted molar refractivity (Wildman–Crippen MR) is 75.5 cm³/mol.